The lowest BCUT2D eigenvalue weighted by Gasteiger charge is -2.08. The molecule has 5 nitrogen and oxygen atoms in total. The maximum atomic E-state index is 11.8. The predicted octanol–water partition coefficient (Wildman–Crippen LogP) is 2.53. The molecule has 1 amide bonds. The van der Waals surface area contributed by atoms with Gasteiger partial charge in [-0.05, 0) is 25.8 Å². The number of unbranched alkanes of at least 4 members (excludes halogenated alkanes) is 4. The lowest BCUT2D eigenvalue weighted by molar-refractivity contribution is -0.116. The summed E-state index contributed by atoms with van der Waals surface area (Å²) in [4.78, 5) is 11.8. The van der Waals surface area contributed by atoms with E-state index >= 15 is 0 Å². The molecular weight excluding hydrogens is 240 g/mol. The number of nitrogens with one attached hydrogen (secondary N) is 1. The molecule has 1 heterocycles. The van der Waals surface area contributed by atoms with Crippen LogP contribution in [0, 0.1) is 0 Å². The normalized spacial score (nSPS) is 10.6. The highest BCUT2D eigenvalue weighted by Crippen LogP contribution is 2.10. The highest BCUT2D eigenvalue weighted by atomic mass is 16.1. The predicted molar refractivity (Wildman–Crippen MR) is 77.9 cm³/mol. The van der Waals surface area contributed by atoms with Crippen molar-refractivity contribution in [3.05, 3.63) is 12.3 Å². The van der Waals surface area contributed by atoms with E-state index in [1.165, 1.54) is 0 Å². The molecule has 1 aromatic heterocycles. The van der Waals surface area contributed by atoms with Crippen molar-refractivity contribution in [3.8, 4) is 0 Å². The van der Waals surface area contributed by atoms with Crippen molar-refractivity contribution in [1.29, 1.82) is 0 Å². The Morgan fingerprint density at radius 2 is 2.11 bits per heavy atom. The number of anilines is 1. The van der Waals surface area contributed by atoms with E-state index in [2.05, 4.69) is 17.3 Å². The van der Waals surface area contributed by atoms with Crippen LogP contribution in [0.2, 0.25) is 0 Å². The fraction of sp³-hybridized carbons (Fsp3) is 0.714. The van der Waals surface area contributed by atoms with Gasteiger partial charge in [-0.3, -0.25) is 4.79 Å². The highest BCUT2D eigenvalue weighted by Gasteiger charge is 2.06. The number of hydrogen-bond acceptors (Lipinski definition) is 3. The van der Waals surface area contributed by atoms with Crippen molar-refractivity contribution in [1.82, 2.24) is 9.78 Å². The largest absolute Gasteiger partial charge is 0.330 e. The number of nitrogens with zero attached hydrogens (tertiary/aromatic N) is 2. The lowest BCUT2D eigenvalue weighted by atomic mass is 10.1. The molecule has 0 saturated carbocycles. The van der Waals surface area contributed by atoms with Crippen LogP contribution in [0.4, 0.5) is 5.82 Å². The summed E-state index contributed by atoms with van der Waals surface area (Å²) < 4.78 is 1.86. The first kappa shape index (κ1) is 15.7. The van der Waals surface area contributed by atoms with Crippen LogP contribution in [0.15, 0.2) is 12.3 Å². The third kappa shape index (κ3) is 6.38. The summed E-state index contributed by atoms with van der Waals surface area (Å²) in [6, 6.07) is 1.85. The summed E-state index contributed by atoms with van der Waals surface area (Å²) in [6.07, 6.45) is 8.65. The Morgan fingerprint density at radius 1 is 1.32 bits per heavy atom. The standard InChI is InChI=1S/C14H26N4O/c1-2-3-12-18-13(9-11-16-18)17-14(19)8-6-4-5-7-10-15/h9,11H,2-8,10,12,15H2,1H3,(H,17,19). The third-order valence-electron chi connectivity index (χ3n) is 3.07. The number of hydrogen-bond donors (Lipinski definition) is 2. The van der Waals surface area contributed by atoms with E-state index in [0.717, 1.165) is 57.4 Å². The molecule has 5 heteroatoms. The van der Waals surface area contributed by atoms with Gasteiger partial charge in [0.25, 0.3) is 0 Å². The van der Waals surface area contributed by atoms with Crippen molar-refractivity contribution in [2.75, 3.05) is 11.9 Å². The van der Waals surface area contributed by atoms with E-state index in [-0.39, 0.29) is 5.91 Å². The first-order chi connectivity index (χ1) is 9.27. The van der Waals surface area contributed by atoms with Crippen LogP contribution >= 0.6 is 0 Å². The highest BCUT2D eigenvalue weighted by molar-refractivity contribution is 5.89. The zero-order chi connectivity index (χ0) is 13.9. The van der Waals surface area contributed by atoms with Gasteiger partial charge in [0.05, 0.1) is 6.20 Å². The van der Waals surface area contributed by atoms with Gasteiger partial charge < -0.3 is 11.1 Å². The topological polar surface area (TPSA) is 72.9 Å². The number of nitrogens with two attached hydrogens (primary N) is 1. The Morgan fingerprint density at radius 3 is 2.84 bits per heavy atom. The minimum Gasteiger partial charge on any atom is -0.330 e. The van der Waals surface area contributed by atoms with Crippen LogP contribution in [-0.4, -0.2) is 22.2 Å². The van der Waals surface area contributed by atoms with Crippen molar-refractivity contribution in [3.63, 3.8) is 0 Å². The third-order valence-corrected chi connectivity index (χ3v) is 3.07. The molecule has 108 valence electrons. The maximum absolute atomic E-state index is 11.8. The first-order valence-electron chi connectivity index (χ1n) is 7.29. The molecule has 0 aromatic carbocycles. The van der Waals surface area contributed by atoms with Gasteiger partial charge in [0.1, 0.15) is 5.82 Å². The Balaban J connectivity index is 2.26. The molecule has 0 fully saturated rings. The van der Waals surface area contributed by atoms with Gasteiger partial charge in [0.15, 0.2) is 0 Å². The molecule has 0 atom stereocenters. The number of carbonyl (C=O) groups is 1. The van der Waals surface area contributed by atoms with E-state index in [9.17, 15) is 4.79 Å². The molecule has 3 N–H and O–H groups in total. The molecule has 1 rings (SSSR count). The van der Waals surface area contributed by atoms with Gasteiger partial charge in [0, 0.05) is 19.0 Å². The van der Waals surface area contributed by atoms with Crippen molar-refractivity contribution in [2.24, 2.45) is 5.73 Å². The number of rotatable bonds is 10. The van der Waals surface area contributed by atoms with Gasteiger partial charge >= 0.3 is 0 Å². The van der Waals surface area contributed by atoms with Gasteiger partial charge in [-0.25, -0.2) is 4.68 Å². The fourth-order valence-electron chi connectivity index (χ4n) is 1.91. The quantitative estimate of drug-likeness (QED) is 0.639. The van der Waals surface area contributed by atoms with E-state index in [0.29, 0.717) is 6.42 Å². The summed E-state index contributed by atoms with van der Waals surface area (Å²) in [5.41, 5.74) is 5.43. The van der Waals surface area contributed by atoms with Crippen LogP contribution in [0.5, 0.6) is 0 Å². The fourth-order valence-corrected chi connectivity index (χ4v) is 1.91. The molecular formula is C14H26N4O. The summed E-state index contributed by atoms with van der Waals surface area (Å²) in [5, 5.41) is 7.14. The second-order valence-corrected chi connectivity index (χ2v) is 4.79. The summed E-state index contributed by atoms with van der Waals surface area (Å²) >= 11 is 0. The maximum Gasteiger partial charge on any atom is 0.225 e. The van der Waals surface area contributed by atoms with E-state index in [1.807, 2.05) is 10.7 Å². The SMILES string of the molecule is CCCCn1nccc1NC(=O)CCCCCCN. The monoisotopic (exact) mass is 266 g/mol. The average Bonchev–Trinajstić information content (AvgIpc) is 2.83. The summed E-state index contributed by atoms with van der Waals surface area (Å²) in [5.74, 6) is 0.881. The number of carbonyl (C=O) groups excluding carboxylic acids is 1. The molecule has 0 aliphatic carbocycles. The Bertz CT molecular complexity index is 362. The number of aromatic nitrogens is 2. The molecule has 0 spiro atoms. The zero-order valence-electron chi connectivity index (χ0n) is 11.9. The molecule has 0 aliphatic heterocycles. The molecule has 0 bridgehead atoms. The van der Waals surface area contributed by atoms with Crippen molar-refractivity contribution in [2.45, 2.75) is 58.4 Å². The number of aryl methyl sites for hydroxylation is 1. The second kappa shape index (κ2) is 9.55. The number of amides is 1. The molecule has 0 unspecified atom stereocenters. The lowest BCUT2D eigenvalue weighted by Crippen LogP contribution is -2.15. The minimum atomic E-state index is 0.0750. The van der Waals surface area contributed by atoms with Crippen LogP contribution in [0.3, 0.4) is 0 Å². The Labute approximate surface area is 115 Å². The Kier molecular flexibility index (Phi) is 7.89. The van der Waals surface area contributed by atoms with E-state index in [4.69, 9.17) is 5.73 Å². The van der Waals surface area contributed by atoms with Crippen LogP contribution in [0.1, 0.15) is 51.9 Å². The van der Waals surface area contributed by atoms with Crippen molar-refractivity contribution < 1.29 is 4.79 Å². The second-order valence-electron chi connectivity index (χ2n) is 4.79. The average molecular weight is 266 g/mol. The summed E-state index contributed by atoms with van der Waals surface area (Å²) in [6.45, 7) is 3.74. The van der Waals surface area contributed by atoms with E-state index < -0.39 is 0 Å². The van der Waals surface area contributed by atoms with Crippen molar-refractivity contribution >= 4 is 11.7 Å². The zero-order valence-corrected chi connectivity index (χ0v) is 11.9. The summed E-state index contributed by atoms with van der Waals surface area (Å²) in [7, 11) is 0. The molecule has 0 saturated heterocycles. The van der Waals surface area contributed by atoms with Crippen LogP contribution < -0.4 is 11.1 Å². The van der Waals surface area contributed by atoms with Gasteiger partial charge in [0.2, 0.25) is 5.91 Å². The Hall–Kier alpha value is -1.36. The van der Waals surface area contributed by atoms with Gasteiger partial charge in [-0.2, -0.15) is 5.10 Å². The molecule has 19 heavy (non-hydrogen) atoms. The van der Waals surface area contributed by atoms with Gasteiger partial charge in [-0.1, -0.05) is 26.2 Å². The first-order valence-corrected chi connectivity index (χ1v) is 7.29. The van der Waals surface area contributed by atoms with Crippen LogP contribution in [-0.2, 0) is 11.3 Å². The van der Waals surface area contributed by atoms with Gasteiger partial charge in [-0.15, -0.1) is 0 Å². The van der Waals surface area contributed by atoms with Crippen LogP contribution in [0.25, 0.3) is 0 Å². The minimum absolute atomic E-state index is 0.0750. The molecule has 1 aromatic rings. The van der Waals surface area contributed by atoms with E-state index in [1.54, 1.807) is 6.20 Å². The smallest absolute Gasteiger partial charge is 0.225 e. The molecule has 0 radical (unpaired) electrons. The molecule has 0 aliphatic rings.